The van der Waals surface area contributed by atoms with Crippen molar-refractivity contribution in [3.8, 4) is 0 Å². The SMILES string of the molecule is CC1(C)CCCC[C@@]1(O)c1ccccc1. The molecule has 1 nitrogen and oxygen atoms in total. The van der Waals surface area contributed by atoms with Gasteiger partial charge in [-0.3, -0.25) is 0 Å². The molecule has 1 fully saturated rings. The fourth-order valence-corrected chi connectivity index (χ4v) is 2.74. The fourth-order valence-electron chi connectivity index (χ4n) is 2.74. The Morgan fingerprint density at radius 2 is 1.60 bits per heavy atom. The summed E-state index contributed by atoms with van der Waals surface area (Å²) in [6.45, 7) is 4.36. The molecular formula is C14H20O. The lowest BCUT2D eigenvalue weighted by Gasteiger charge is -2.47. The van der Waals surface area contributed by atoms with Crippen LogP contribution in [0, 0.1) is 5.41 Å². The minimum atomic E-state index is -0.632. The summed E-state index contributed by atoms with van der Waals surface area (Å²) < 4.78 is 0. The molecule has 0 radical (unpaired) electrons. The number of hydrogen-bond acceptors (Lipinski definition) is 1. The fraction of sp³-hybridized carbons (Fsp3) is 0.571. The first-order chi connectivity index (χ1) is 7.06. The van der Waals surface area contributed by atoms with E-state index in [0.717, 1.165) is 24.8 Å². The molecule has 1 aliphatic carbocycles. The Kier molecular flexibility index (Phi) is 2.59. The van der Waals surface area contributed by atoms with Crippen LogP contribution in [0.3, 0.4) is 0 Å². The summed E-state index contributed by atoms with van der Waals surface area (Å²) in [7, 11) is 0. The molecule has 1 N–H and O–H groups in total. The molecule has 82 valence electrons. The monoisotopic (exact) mass is 204 g/mol. The van der Waals surface area contributed by atoms with Crippen molar-refractivity contribution in [2.24, 2.45) is 5.41 Å². The van der Waals surface area contributed by atoms with Gasteiger partial charge < -0.3 is 5.11 Å². The van der Waals surface area contributed by atoms with Crippen LogP contribution in [0.15, 0.2) is 30.3 Å². The van der Waals surface area contributed by atoms with Gasteiger partial charge in [0.2, 0.25) is 0 Å². The van der Waals surface area contributed by atoms with Gasteiger partial charge in [0.05, 0.1) is 5.60 Å². The maximum absolute atomic E-state index is 10.9. The Bertz CT molecular complexity index is 328. The van der Waals surface area contributed by atoms with E-state index in [-0.39, 0.29) is 5.41 Å². The maximum Gasteiger partial charge on any atom is 0.0947 e. The Labute approximate surface area is 92.1 Å². The van der Waals surface area contributed by atoms with Crippen molar-refractivity contribution in [1.29, 1.82) is 0 Å². The summed E-state index contributed by atoms with van der Waals surface area (Å²) in [5.74, 6) is 0. The van der Waals surface area contributed by atoms with Crippen LogP contribution >= 0.6 is 0 Å². The summed E-state index contributed by atoms with van der Waals surface area (Å²) in [5.41, 5.74) is 0.439. The van der Waals surface area contributed by atoms with E-state index in [0.29, 0.717) is 0 Å². The third kappa shape index (κ3) is 1.69. The molecule has 0 amide bonds. The van der Waals surface area contributed by atoms with Gasteiger partial charge in [0.1, 0.15) is 0 Å². The Morgan fingerprint density at radius 3 is 2.20 bits per heavy atom. The Hall–Kier alpha value is -0.820. The molecule has 1 heteroatoms. The van der Waals surface area contributed by atoms with Crippen LogP contribution in [0.5, 0.6) is 0 Å². The zero-order valence-corrected chi connectivity index (χ0v) is 9.66. The molecule has 0 unspecified atom stereocenters. The summed E-state index contributed by atoms with van der Waals surface area (Å²) in [5, 5.41) is 10.9. The predicted molar refractivity (Wildman–Crippen MR) is 62.6 cm³/mol. The number of benzene rings is 1. The second-order valence-corrected chi connectivity index (χ2v) is 5.32. The van der Waals surface area contributed by atoms with Crippen LogP contribution in [-0.2, 0) is 5.60 Å². The summed E-state index contributed by atoms with van der Waals surface area (Å²) in [6, 6.07) is 10.1. The minimum absolute atomic E-state index is 0.00734. The number of rotatable bonds is 1. The molecule has 0 aromatic heterocycles. The van der Waals surface area contributed by atoms with Gasteiger partial charge in [0.15, 0.2) is 0 Å². The number of hydrogen-bond donors (Lipinski definition) is 1. The smallest absolute Gasteiger partial charge is 0.0947 e. The second kappa shape index (κ2) is 3.64. The Morgan fingerprint density at radius 1 is 1.00 bits per heavy atom. The highest BCUT2D eigenvalue weighted by Crippen LogP contribution is 2.49. The molecule has 0 heterocycles. The zero-order chi connectivity index (χ0) is 10.9. The van der Waals surface area contributed by atoms with E-state index in [1.54, 1.807) is 0 Å². The molecule has 15 heavy (non-hydrogen) atoms. The van der Waals surface area contributed by atoms with Crippen molar-refractivity contribution in [2.45, 2.75) is 45.1 Å². The van der Waals surface area contributed by atoms with Gasteiger partial charge in [-0.25, -0.2) is 0 Å². The molecule has 2 rings (SSSR count). The molecule has 1 atom stereocenters. The summed E-state index contributed by atoms with van der Waals surface area (Å²) in [4.78, 5) is 0. The standard InChI is InChI=1S/C14H20O/c1-13(2)10-6-7-11-14(13,15)12-8-4-3-5-9-12/h3-5,8-9,15H,6-7,10-11H2,1-2H3/t14-/m1/s1. The highest BCUT2D eigenvalue weighted by Gasteiger charge is 2.46. The van der Waals surface area contributed by atoms with E-state index in [1.165, 1.54) is 6.42 Å². The quantitative estimate of drug-likeness (QED) is 0.742. The van der Waals surface area contributed by atoms with Crippen LogP contribution in [0.25, 0.3) is 0 Å². The molecule has 1 aromatic rings. The predicted octanol–water partition coefficient (Wildman–Crippen LogP) is 3.47. The van der Waals surface area contributed by atoms with Crippen molar-refractivity contribution in [1.82, 2.24) is 0 Å². The van der Waals surface area contributed by atoms with Crippen molar-refractivity contribution < 1.29 is 5.11 Å². The topological polar surface area (TPSA) is 20.2 Å². The lowest BCUT2D eigenvalue weighted by Crippen LogP contribution is -2.44. The highest BCUT2D eigenvalue weighted by molar-refractivity contribution is 5.25. The summed E-state index contributed by atoms with van der Waals surface area (Å²) in [6.07, 6.45) is 4.37. The molecule has 0 bridgehead atoms. The van der Waals surface area contributed by atoms with Gasteiger partial charge in [0.25, 0.3) is 0 Å². The third-order valence-corrected chi connectivity index (χ3v) is 3.96. The molecule has 1 aromatic carbocycles. The van der Waals surface area contributed by atoms with Gasteiger partial charge in [0, 0.05) is 0 Å². The van der Waals surface area contributed by atoms with Gasteiger partial charge in [-0.2, -0.15) is 0 Å². The van der Waals surface area contributed by atoms with Crippen LogP contribution < -0.4 is 0 Å². The second-order valence-electron chi connectivity index (χ2n) is 5.32. The third-order valence-electron chi connectivity index (χ3n) is 3.96. The van der Waals surface area contributed by atoms with Gasteiger partial charge in [-0.15, -0.1) is 0 Å². The van der Waals surface area contributed by atoms with Gasteiger partial charge in [-0.1, -0.05) is 57.0 Å². The van der Waals surface area contributed by atoms with Crippen molar-refractivity contribution >= 4 is 0 Å². The molecule has 0 saturated heterocycles. The lowest BCUT2D eigenvalue weighted by molar-refractivity contribution is -0.103. The van der Waals surface area contributed by atoms with E-state index in [4.69, 9.17) is 0 Å². The van der Waals surface area contributed by atoms with Crippen LogP contribution in [0.1, 0.15) is 45.1 Å². The van der Waals surface area contributed by atoms with Crippen molar-refractivity contribution in [3.63, 3.8) is 0 Å². The zero-order valence-electron chi connectivity index (χ0n) is 9.66. The normalized spacial score (nSPS) is 30.1. The largest absolute Gasteiger partial charge is 0.385 e. The highest BCUT2D eigenvalue weighted by atomic mass is 16.3. The molecule has 1 saturated carbocycles. The van der Waals surface area contributed by atoms with E-state index < -0.39 is 5.60 Å². The average molecular weight is 204 g/mol. The van der Waals surface area contributed by atoms with E-state index >= 15 is 0 Å². The molecule has 0 aliphatic heterocycles. The summed E-state index contributed by atoms with van der Waals surface area (Å²) >= 11 is 0. The first kappa shape index (κ1) is 10.7. The molecular weight excluding hydrogens is 184 g/mol. The molecule has 1 aliphatic rings. The van der Waals surface area contributed by atoms with Crippen LogP contribution in [0.2, 0.25) is 0 Å². The molecule has 0 spiro atoms. The van der Waals surface area contributed by atoms with Crippen molar-refractivity contribution in [2.75, 3.05) is 0 Å². The van der Waals surface area contributed by atoms with Crippen molar-refractivity contribution in [3.05, 3.63) is 35.9 Å². The van der Waals surface area contributed by atoms with E-state index in [9.17, 15) is 5.11 Å². The van der Waals surface area contributed by atoms with Crippen LogP contribution in [-0.4, -0.2) is 5.11 Å². The number of aliphatic hydroxyl groups is 1. The first-order valence-electron chi connectivity index (χ1n) is 5.84. The Balaban J connectivity index is 2.40. The van der Waals surface area contributed by atoms with E-state index in [2.05, 4.69) is 13.8 Å². The maximum atomic E-state index is 10.9. The van der Waals surface area contributed by atoms with E-state index in [1.807, 2.05) is 30.3 Å². The minimum Gasteiger partial charge on any atom is -0.385 e. The van der Waals surface area contributed by atoms with Gasteiger partial charge in [-0.05, 0) is 23.8 Å². The lowest BCUT2D eigenvalue weighted by atomic mass is 9.62. The average Bonchev–Trinajstić information content (AvgIpc) is 2.24. The van der Waals surface area contributed by atoms with Gasteiger partial charge >= 0.3 is 0 Å². The van der Waals surface area contributed by atoms with Crippen LogP contribution in [0.4, 0.5) is 0 Å². The first-order valence-corrected chi connectivity index (χ1v) is 5.84.